The molecule has 2 heterocycles. The van der Waals surface area contributed by atoms with Crippen molar-refractivity contribution >= 4 is 44.1 Å². The number of aliphatic hydroxyl groups excluding tert-OH is 1. The summed E-state index contributed by atoms with van der Waals surface area (Å²) in [5, 5.41) is 11.7. The van der Waals surface area contributed by atoms with Crippen LogP contribution in [0.25, 0.3) is 16.0 Å². The summed E-state index contributed by atoms with van der Waals surface area (Å²) in [6.45, 7) is 4.47. The van der Waals surface area contributed by atoms with E-state index in [1.54, 1.807) is 55.6 Å². The fourth-order valence-corrected chi connectivity index (χ4v) is 5.50. The summed E-state index contributed by atoms with van der Waals surface area (Å²) >= 11 is 1.35. The Bertz CT molecular complexity index is 1510. The Hall–Kier alpha value is -4.17. The zero-order valence-corrected chi connectivity index (χ0v) is 21.5. The number of aliphatic hydroxyl groups is 1. The summed E-state index contributed by atoms with van der Waals surface area (Å²) < 4.78 is 11.7. The molecule has 1 amide bonds. The Labute approximate surface area is 218 Å². The highest BCUT2D eigenvalue weighted by Crippen LogP contribution is 2.44. The Morgan fingerprint density at radius 3 is 2.35 bits per heavy atom. The standard InChI is InChI=1S/C29H26N2O5S/c1-4-17-6-15-22-23(16-17)37-29(30-22)31-25(18-7-11-20(35-3)12-8-18)24(27(33)28(31)34)26(32)19-9-13-21(14-10-19)36-5-2/h6-16,25,32H,4-5H2,1-3H3/t25-/m0/s1. The van der Waals surface area contributed by atoms with Gasteiger partial charge in [-0.25, -0.2) is 4.98 Å². The second-order valence-electron chi connectivity index (χ2n) is 8.55. The van der Waals surface area contributed by atoms with Gasteiger partial charge < -0.3 is 14.6 Å². The molecule has 1 N–H and O–H groups in total. The van der Waals surface area contributed by atoms with E-state index in [9.17, 15) is 14.7 Å². The quantitative estimate of drug-likeness (QED) is 0.188. The molecule has 0 bridgehead atoms. The number of nitrogens with zero attached hydrogens (tertiary/aromatic N) is 2. The predicted molar refractivity (Wildman–Crippen MR) is 144 cm³/mol. The summed E-state index contributed by atoms with van der Waals surface area (Å²) in [6, 6.07) is 19.0. The number of amides is 1. The maximum atomic E-state index is 13.5. The molecule has 1 fully saturated rings. The number of hydrogen-bond donors (Lipinski definition) is 1. The van der Waals surface area contributed by atoms with E-state index in [4.69, 9.17) is 9.47 Å². The lowest BCUT2D eigenvalue weighted by Crippen LogP contribution is -2.29. The van der Waals surface area contributed by atoms with E-state index < -0.39 is 17.7 Å². The van der Waals surface area contributed by atoms with Gasteiger partial charge in [0.2, 0.25) is 0 Å². The second kappa shape index (κ2) is 10.1. The van der Waals surface area contributed by atoms with Gasteiger partial charge in [-0.2, -0.15) is 0 Å². The number of rotatable bonds is 7. The van der Waals surface area contributed by atoms with Crippen LogP contribution in [-0.2, 0) is 16.0 Å². The number of anilines is 1. The first-order valence-electron chi connectivity index (χ1n) is 12.0. The minimum Gasteiger partial charge on any atom is -0.507 e. The zero-order chi connectivity index (χ0) is 26.1. The highest BCUT2D eigenvalue weighted by atomic mass is 32.1. The number of aryl methyl sites for hydroxylation is 1. The monoisotopic (exact) mass is 514 g/mol. The number of ether oxygens (including phenoxy) is 2. The summed E-state index contributed by atoms with van der Waals surface area (Å²) in [6.07, 6.45) is 0.877. The molecule has 3 aromatic carbocycles. The van der Waals surface area contributed by atoms with Crippen molar-refractivity contribution < 1.29 is 24.2 Å². The Morgan fingerprint density at radius 1 is 1.00 bits per heavy atom. The van der Waals surface area contributed by atoms with E-state index in [0.717, 1.165) is 22.2 Å². The largest absolute Gasteiger partial charge is 0.507 e. The maximum Gasteiger partial charge on any atom is 0.301 e. The lowest BCUT2D eigenvalue weighted by molar-refractivity contribution is -0.132. The molecular formula is C29H26N2O5S. The van der Waals surface area contributed by atoms with Crippen LogP contribution in [0.5, 0.6) is 11.5 Å². The third kappa shape index (κ3) is 4.44. The molecule has 1 aromatic heterocycles. The Balaban J connectivity index is 1.67. The number of carbonyl (C=O) groups is 2. The van der Waals surface area contributed by atoms with Crippen LogP contribution in [0.1, 0.15) is 36.6 Å². The van der Waals surface area contributed by atoms with E-state index in [1.807, 2.05) is 19.1 Å². The van der Waals surface area contributed by atoms with Crippen LogP contribution in [0.15, 0.2) is 72.3 Å². The van der Waals surface area contributed by atoms with Crippen LogP contribution in [-0.4, -0.2) is 35.5 Å². The minimum atomic E-state index is -0.858. The number of benzene rings is 3. The third-order valence-corrected chi connectivity index (χ3v) is 7.39. The van der Waals surface area contributed by atoms with Crippen molar-refractivity contribution in [3.63, 3.8) is 0 Å². The molecule has 8 heteroatoms. The van der Waals surface area contributed by atoms with E-state index in [0.29, 0.717) is 34.4 Å². The summed E-state index contributed by atoms with van der Waals surface area (Å²) in [7, 11) is 1.57. The number of hydrogen-bond acceptors (Lipinski definition) is 7. The Morgan fingerprint density at radius 2 is 1.70 bits per heavy atom. The van der Waals surface area contributed by atoms with Crippen LogP contribution < -0.4 is 14.4 Å². The van der Waals surface area contributed by atoms with Gasteiger partial charge in [0.15, 0.2) is 5.13 Å². The number of methoxy groups -OCH3 is 1. The maximum absolute atomic E-state index is 13.5. The molecule has 0 spiro atoms. The number of carbonyl (C=O) groups excluding carboxylic acids is 2. The zero-order valence-electron chi connectivity index (χ0n) is 20.7. The average Bonchev–Trinajstić information content (AvgIpc) is 3.46. The summed E-state index contributed by atoms with van der Waals surface area (Å²) in [5.41, 5.74) is 2.98. The smallest absolute Gasteiger partial charge is 0.301 e. The van der Waals surface area contributed by atoms with Crippen molar-refractivity contribution in [2.24, 2.45) is 0 Å². The lowest BCUT2D eigenvalue weighted by Gasteiger charge is -2.23. The number of aromatic nitrogens is 1. The molecule has 0 saturated carbocycles. The van der Waals surface area contributed by atoms with E-state index in [-0.39, 0.29) is 11.3 Å². The topological polar surface area (TPSA) is 89.0 Å². The number of thiazole rings is 1. The first-order valence-corrected chi connectivity index (χ1v) is 12.8. The van der Waals surface area contributed by atoms with E-state index in [1.165, 1.54) is 16.2 Å². The van der Waals surface area contributed by atoms with Crippen molar-refractivity contribution in [1.29, 1.82) is 0 Å². The van der Waals surface area contributed by atoms with E-state index >= 15 is 0 Å². The molecule has 37 heavy (non-hydrogen) atoms. The van der Waals surface area contributed by atoms with Crippen molar-refractivity contribution in [2.75, 3.05) is 18.6 Å². The van der Waals surface area contributed by atoms with Crippen molar-refractivity contribution in [2.45, 2.75) is 26.3 Å². The first-order chi connectivity index (χ1) is 17.9. The molecule has 0 aliphatic carbocycles. The van der Waals surface area contributed by atoms with Gasteiger partial charge in [-0.3, -0.25) is 14.5 Å². The van der Waals surface area contributed by atoms with Gasteiger partial charge in [0.25, 0.3) is 5.78 Å². The highest BCUT2D eigenvalue weighted by molar-refractivity contribution is 7.22. The van der Waals surface area contributed by atoms with Crippen molar-refractivity contribution in [1.82, 2.24) is 4.98 Å². The number of fused-ring (bicyclic) bond motifs is 1. The molecule has 1 atom stereocenters. The van der Waals surface area contributed by atoms with Gasteiger partial charge in [-0.1, -0.05) is 36.5 Å². The van der Waals surface area contributed by atoms with Gasteiger partial charge in [0.05, 0.1) is 35.5 Å². The summed E-state index contributed by atoms with van der Waals surface area (Å²) in [5.74, 6) is -0.464. The molecule has 7 nitrogen and oxygen atoms in total. The molecule has 0 radical (unpaired) electrons. The molecular weight excluding hydrogens is 488 g/mol. The van der Waals surface area contributed by atoms with Gasteiger partial charge >= 0.3 is 5.91 Å². The van der Waals surface area contributed by atoms with Gasteiger partial charge in [0, 0.05) is 5.56 Å². The Kier molecular flexibility index (Phi) is 6.67. The molecule has 0 unspecified atom stereocenters. The first kappa shape index (κ1) is 24.5. The van der Waals surface area contributed by atoms with E-state index in [2.05, 4.69) is 18.0 Å². The molecule has 4 aromatic rings. The SMILES string of the molecule is CCOc1ccc(C(O)=C2C(=O)C(=O)N(c3nc4ccc(CC)cc4s3)[C@H]2c2ccc(OC)cc2)cc1. The third-order valence-electron chi connectivity index (χ3n) is 6.37. The van der Waals surface area contributed by atoms with Crippen LogP contribution in [0, 0.1) is 0 Å². The number of ketones is 1. The van der Waals surface area contributed by atoms with Gasteiger partial charge in [-0.05, 0) is 73.0 Å². The average molecular weight is 515 g/mol. The lowest BCUT2D eigenvalue weighted by atomic mass is 9.95. The van der Waals surface area contributed by atoms with Crippen LogP contribution in [0.3, 0.4) is 0 Å². The molecule has 1 aliphatic rings. The predicted octanol–water partition coefficient (Wildman–Crippen LogP) is 5.89. The molecule has 1 saturated heterocycles. The molecule has 5 rings (SSSR count). The highest BCUT2D eigenvalue weighted by Gasteiger charge is 2.48. The van der Waals surface area contributed by atoms with Crippen LogP contribution >= 0.6 is 11.3 Å². The summed E-state index contributed by atoms with van der Waals surface area (Å²) in [4.78, 5) is 32.9. The van der Waals surface area contributed by atoms with Crippen LogP contribution in [0.4, 0.5) is 5.13 Å². The fourth-order valence-electron chi connectivity index (χ4n) is 4.44. The molecule has 1 aliphatic heterocycles. The van der Waals surface area contributed by atoms with Gasteiger partial charge in [0.1, 0.15) is 17.3 Å². The number of Topliss-reactive ketones (excluding diaryl/α,β-unsaturated/α-hetero) is 1. The van der Waals surface area contributed by atoms with Crippen LogP contribution in [0.2, 0.25) is 0 Å². The van der Waals surface area contributed by atoms with Crippen molar-refractivity contribution in [3.05, 3.63) is 89.0 Å². The fraction of sp³-hybridized carbons (Fsp3) is 0.207. The normalized spacial score (nSPS) is 16.9. The van der Waals surface area contributed by atoms with Gasteiger partial charge in [-0.15, -0.1) is 0 Å². The molecule has 188 valence electrons. The minimum absolute atomic E-state index is 0.00725. The van der Waals surface area contributed by atoms with Crippen molar-refractivity contribution in [3.8, 4) is 11.5 Å². The second-order valence-corrected chi connectivity index (χ2v) is 9.56.